The number of nitrogens with zero attached hydrogens (tertiary/aromatic N) is 1. The first kappa shape index (κ1) is 17.5. The van der Waals surface area contributed by atoms with Crippen LogP contribution in [0.25, 0.3) is 0 Å². The molecule has 0 atom stereocenters. The molecule has 0 fully saturated rings. The van der Waals surface area contributed by atoms with Crippen molar-refractivity contribution < 1.29 is 18.3 Å². The molecule has 6 heteroatoms. The number of aryl methyl sites for hydroxylation is 1. The average molecular weight is 359 g/mol. The van der Waals surface area contributed by atoms with Gasteiger partial charge in [0, 0.05) is 12.3 Å². The van der Waals surface area contributed by atoms with Crippen molar-refractivity contribution >= 4 is 15.5 Å². The van der Waals surface area contributed by atoms with Crippen LogP contribution in [0.5, 0.6) is 17.2 Å². The second-order valence-electron chi connectivity index (χ2n) is 6.04. The van der Waals surface area contributed by atoms with Crippen LogP contribution in [-0.2, 0) is 16.3 Å². The van der Waals surface area contributed by atoms with Crippen LogP contribution in [-0.4, -0.2) is 31.5 Å². The van der Waals surface area contributed by atoms with Crippen LogP contribution in [0.2, 0.25) is 0 Å². The third kappa shape index (κ3) is 4.20. The van der Waals surface area contributed by atoms with Gasteiger partial charge in [0.05, 0.1) is 10.6 Å². The lowest BCUT2D eigenvalue weighted by Crippen LogP contribution is -2.14. The van der Waals surface area contributed by atoms with E-state index in [4.69, 9.17) is 4.74 Å². The quantitative estimate of drug-likeness (QED) is 0.852. The predicted molar refractivity (Wildman–Crippen MR) is 97.6 cm³/mol. The molecule has 25 heavy (non-hydrogen) atoms. The molecule has 0 aromatic heterocycles. The van der Waals surface area contributed by atoms with Gasteiger partial charge in [-0.3, -0.25) is 4.99 Å². The van der Waals surface area contributed by atoms with Crippen molar-refractivity contribution in [3.05, 3.63) is 48.0 Å². The topological polar surface area (TPSA) is 76.0 Å². The number of rotatable bonds is 6. The number of ether oxygens (including phenoxy) is 1. The van der Waals surface area contributed by atoms with E-state index in [2.05, 4.69) is 4.99 Å². The Morgan fingerprint density at radius 1 is 1.16 bits per heavy atom. The first-order valence-electron chi connectivity index (χ1n) is 8.32. The van der Waals surface area contributed by atoms with Gasteiger partial charge in [-0.05, 0) is 61.2 Å². The molecule has 1 aliphatic rings. The van der Waals surface area contributed by atoms with Crippen molar-refractivity contribution in [3.63, 3.8) is 0 Å². The molecule has 0 aliphatic carbocycles. The third-order valence-electron chi connectivity index (χ3n) is 4.16. The molecule has 2 aromatic rings. The van der Waals surface area contributed by atoms with Gasteiger partial charge in [-0.15, -0.1) is 0 Å². The summed E-state index contributed by atoms with van der Waals surface area (Å²) in [5.74, 6) is 0.854. The zero-order valence-corrected chi connectivity index (χ0v) is 14.9. The van der Waals surface area contributed by atoms with Gasteiger partial charge in [-0.25, -0.2) is 8.42 Å². The minimum absolute atomic E-state index is 0.0214. The van der Waals surface area contributed by atoms with Gasteiger partial charge in [-0.2, -0.15) is 0 Å². The van der Waals surface area contributed by atoms with Crippen molar-refractivity contribution in [2.45, 2.75) is 31.1 Å². The molecular formula is C19H21NO4S. The molecule has 3 rings (SSSR count). The minimum atomic E-state index is -3.39. The molecule has 0 bridgehead atoms. The Kier molecular flexibility index (Phi) is 5.08. The molecule has 1 aliphatic heterocycles. The molecule has 0 spiro atoms. The SMILES string of the molecule is CCc1ccc(Oc2ccc(S(=O)(=O)CC3=NCCC3)cc2)c(O)c1. The predicted octanol–water partition coefficient (Wildman–Crippen LogP) is 3.76. The summed E-state index contributed by atoms with van der Waals surface area (Å²) in [6.07, 6.45) is 2.51. The van der Waals surface area contributed by atoms with Crippen LogP contribution >= 0.6 is 0 Å². The minimum Gasteiger partial charge on any atom is -0.504 e. The lowest BCUT2D eigenvalue weighted by atomic mass is 10.1. The highest BCUT2D eigenvalue weighted by Gasteiger charge is 2.19. The molecular weight excluding hydrogens is 338 g/mol. The van der Waals surface area contributed by atoms with Gasteiger partial charge in [0.25, 0.3) is 0 Å². The molecule has 2 aromatic carbocycles. The van der Waals surface area contributed by atoms with Crippen molar-refractivity contribution in [1.29, 1.82) is 0 Å². The lowest BCUT2D eigenvalue weighted by Gasteiger charge is -2.10. The number of phenols is 1. The molecule has 0 saturated heterocycles. The van der Waals surface area contributed by atoms with Gasteiger partial charge < -0.3 is 9.84 Å². The summed E-state index contributed by atoms with van der Waals surface area (Å²) in [6.45, 7) is 2.73. The van der Waals surface area contributed by atoms with Crippen molar-refractivity contribution in [1.82, 2.24) is 0 Å². The Morgan fingerprint density at radius 3 is 2.52 bits per heavy atom. The van der Waals surface area contributed by atoms with Crippen LogP contribution in [0.4, 0.5) is 0 Å². The van der Waals surface area contributed by atoms with Gasteiger partial charge in [0.15, 0.2) is 21.3 Å². The normalized spacial score (nSPS) is 14.4. The summed E-state index contributed by atoms with van der Waals surface area (Å²) >= 11 is 0. The van der Waals surface area contributed by atoms with E-state index in [-0.39, 0.29) is 16.4 Å². The number of sulfone groups is 1. The number of hydrogen-bond donors (Lipinski definition) is 1. The number of aromatic hydroxyl groups is 1. The van der Waals surface area contributed by atoms with Crippen LogP contribution in [0.1, 0.15) is 25.3 Å². The van der Waals surface area contributed by atoms with E-state index in [1.807, 2.05) is 13.0 Å². The lowest BCUT2D eigenvalue weighted by molar-refractivity contribution is 0.410. The largest absolute Gasteiger partial charge is 0.504 e. The Balaban J connectivity index is 1.73. The van der Waals surface area contributed by atoms with E-state index in [0.29, 0.717) is 11.5 Å². The van der Waals surface area contributed by atoms with E-state index in [9.17, 15) is 13.5 Å². The van der Waals surface area contributed by atoms with Gasteiger partial charge in [0.1, 0.15) is 5.75 Å². The molecule has 5 nitrogen and oxygen atoms in total. The van der Waals surface area contributed by atoms with Gasteiger partial charge in [-0.1, -0.05) is 13.0 Å². The summed E-state index contributed by atoms with van der Waals surface area (Å²) in [6, 6.07) is 11.5. The Morgan fingerprint density at radius 2 is 1.92 bits per heavy atom. The first-order chi connectivity index (χ1) is 12.0. The summed E-state index contributed by atoms with van der Waals surface area (Å²) < 4.78 is 30.5. The molecule has 0 saturated carbocycles. The zero-order chi connectivity index (χ0) is 17.9. The number of aliphatic imine (C=N–C) groups is 1. The maximum atomic E-state index is 12.4. The maximum absolute atomic E-state index is 12.4. The monoisotopic (exact) mass is 359 g/mol. The maximum Gasteiger partial charge on any atom is 0.183 e. The highest BCUT2D eigenvalue weighted by atomic mass is 32.2. The van der Waals surface area contributed by atoms with Crippen molar-refractivity contribution in [2.24, 2.45) is 4.99 Å². The Labute approximate surface area is 147 Å². The Bertz CT molecular complexity index is 886. The molecule has 1 heterocycles. The average Bonchev–Trinajstić information content (AvgIpc) is 3.09. The first-order valence-corrected chi connectivity index (χ1v) is 9.98. The fourth-order valence-corrected chi connectivity index (χ4v) is 4.12. The molecule has 0 unspecified atom stereocenters. The summed E-state index contributed by atoms with van der Waals surface area (Å²) in [7, 11) is -3.39. The smallest absolute Gasteiger partial charge is 0.183 e. The second-order valence-corrected chi connectivity index (χ2v) is 8.03. The standard InChI is InChI=1S/C19H21NO4S/c1-2-14-5-10-19(18(21)12-14)24-16-6-8-17(9-7-16)25(22,23)13-15-4-3-11-20-15/h5-10,12,21H,2-4,11,13H2,1H3. The summed E-state index contributed by atoms with van der Waals surface area (Å²) in [4.78, 5) is 4.48. The highest BCUT2D eigenvalue weighted by Crippen LogP contribution is 2.32. The van der Waals surface area contributed by atoms with Crippen molar-refractivity contribution in [3.8, 4) is 17.2 Å². The fourth-order valence-electron chi connectivity index (χ4n) is 2.73. The van der Waals surface area contributed by atoms with E-state index in [1.54, 1.807) is 24.3 Å². The van der Waals surface area contributed by atoms with E-state index in [0.717, 1.165) is 37.1 Å². The summed E-state index contributed by atoms with van der Waals surface area (Å²) in [5.41, 5.74) is 1.77. The summed E-state index contributed by atoms with van der Waals surface area (Å²) in [5, 5.41) is 9.99. The van der Waals surface area contributed by atoms with E-state index in [1.165, 1.54) is 12.1 Å². The molecule has 0 amide bonds. The number of hydrogen-bond acceptors (Lipinski definition) is 5. The van der Waals surface area contributed by atoms with E-state index < -0.39 is 9.84 Å². The van der Waals surface area contributed by atoms with Gasteiger partial charge in [0.2, 0.25) is 0 Å². The zero-order valence-electron chi connectivity index (χ0n) is 14.1. The molecule has 0 radical (unpaired) electrons. The fraction of sp³-hybridized carbons (Fsp3) is 0.316. The van der Waals surface area contributed by atoms with Gasteiger partial charge >= 0.3 is 0 Å². The number of benzene rings is 2. The van der Waals surface area contributed by atoms with Crippen LogP contribution in [0.15, 0.2) is 52.4 Å². The highest BCUT2D eigenvalue weighted by molar-refractivity contribution is 7.92. The van der Waals surface area contributed by atoms with Crippen LogP contribution < -0.4 is 4.74 Å². The van der Waals surface area contributed by atoms with Crippen molar-refractivity contribution in [2.75, 3.05) is 12.3 Å². The van der Waals surface area contributed by atoms with Crippen LogP contribution in [0, 0.1) is 0 Å². The third-order valence-corrected chi connectivity index (χ3v) is 5.86. The Hall–Kier alpha value is -2.34. The van der Waals surface area contributed by atoms with E-state index >= 15 is 0 Å². The number of phenolic OH excluding ortho intramolecular Hbond substituents is 1. The second kappa shape index (κ2) is 7.27. The molecule has 1 N–H and O–H groups in total. The molecule has 132 valence electrons. The van der Waals surface area contributed by atoms with Crippen LogP contribution in [0.3, 0.4) is 0 Å².